The maximum atomic E-state index is 12.5. The number of carbonyl (C=O) groups excluding carboxylic acids is 4. The van der Waals surface area contributed by atoms with E-state index in [9.17, 15) is 37.5 Å². The van der Waals surface area contributed by atoms with Gasteiger partial charge in [-0.1, -0.05) is 17.7 Å². The number of aryl methyl sites for hydroxylation is 3. The average Bonchev–Trinajstić information content (AvgIpc) is 3.05. The maximum Gasteiger partial charge on any atom is 0.446 e. The maximum absolute atomic E-state index is 12.5. The zero-order chi connectivity index (χ0) is 45.3. The number of hydrogen-bond donors (Lipinski definition) is 3. The van der Waals surface area contributed by atoms with Crippen molar-refractivity contribution in [3.05, 3.63) is 106 Å². The van der Waals surface area contributed by atoms with Crippen LogP contribution in [-0.2, 0) is 20.6 Å². The van der Waals surface area contributed by atoms with Gasteiger partial charge in [0.15, 0.2) is 11.5 Å². The third kappa shape index (κ3) is 17.8. The van der Waals surface area contributed by atoms with E-state index in [-0.39, 0.29) is 57.4 Å². The molecule has 0 spiro atoms. The molecular formula is C43H52F3N3O9S. The number of rotatable bonds is 7. The van der Waals surface area contributed by atoms with Crippen LogP contribution in [0.15, 0.2) is 65.8 Å². The molecule has 16 heteroatoms. The number of Topliss-reactive ketones (excluding diaryl/α,β-unsaturated/α-hetero) is 1. The van der Waals surface area contributed by atoms with Gasteiger partial charge >= 0.3 is 23.4 Å². The standard InChI is InChI=1S/C20H23NO4.C16H23NO4.C7H6F3NOS/c1-12-6-7-16(22)14(8-12)10-17(23)18-13(2)9-15(11-21-18)19(24)25-20(3,4)5;1-10-8-11(13(18)20-15(2,3)4)9-17-12(10)14(19)21-16(5,6)7;8-7(9,10)13-4-1-2-6(12)5(11)3-4/h6-9,11,22H,10H2,1-5H3;8-9H,1-7H3;1-3,12H,11H2. The zero-order valence-corrected chi connectivity index (χ0v) is 36.1. The minimum absolute atomic E-state index is 0.0391. The van der Waals surface area contributed by atoms with Crippen molar-refractivity contribution in [2.24, 2.45) is 0 Å². The lowest BCUT2D eigenvalue weighted by Gasteiger charge is -2.21. The van der Waals surface area contributed by atoms with Crippen LogP contribution < -0.4 is 5.73 Å². The highest BCUT2D eigenvalue weighted by molar-refractivity contribution is 8.00. The van der Waals surface area contributed by atoms with E-state index in [1.807, 2.05) is 6.92 Å². The van der Waals surface area contributed by atoms with E-state index in [2.05, 4.69) is 9.97 Å². The number of alkyl halides is 3. The Morgan fingerprint density at radius 2 is 1.08 bits per heavy atom. The van der Waals surface area contributed by atoms with Crippen molar-refractivity contribution >= 4 is 41.1 Å². The summed E-state index contributed by atoms with van der Waals surface area (Å²) in [6.45, 7) is 21.4. The molecule has 0 radical (unpaired) electrons. The lowest BCUT2D eigenvalue weighted by atomic mass is 10.0. The summed E-state index contributed by atoms with van der Waals surface area (Å²) in [6.07, 6.45) is 2.73. The molecule has 0 aliphatic heterocycles. The van der Waals surface area contributed by atoms with Gasteiger partial charge in [-0.05, 0) is 142 Å². The number of phenolic OH excluding ortho intramolecular Hbond substituents is 2. The zero-order valence-electron chi connectivity index (χ0n) is 35.2. The van der Waals surface area contributed by atoms with Crippen molar-refractivity contribution in [1.82, 2.24) is 9.97 Å². The van der Waals surface area contributed by atoms with Gasteiger partial charge in [-0.15, -0.1) is 0 Å². The Labute approximate surface area is 346 Å². The van der Waals surface area contributed by atoms with Crippen molar-refractivity contribution in [3.8, 4) is 11.5 Å². The molecule has 4 aromatic rings. The Morgan fingerprint density at radius 3 is 1.51 bits per heavy atom. The first-order valence-corrected chi connectivity index (χ1v) is 18.9. The number of nitrogen functional groups attached to an aromatic ring is 1. The summed E-state index contributed by atoms with van der Waals surface area (Å²) in [6, 6.07) is 11.7. The Morgan fingerprint density at radius 1 is 0.644 bits per heavy atom. The Hall–Kier alpha value is -5.64. The number of thioether (sulfide) groups is 1. The van der Waals surface area contributed by atoms with E-state index < -0.39 is 40.2 Å². The number of carbonyl (C=O) groups is 4. The van der Waals surface area contributed by atoms with Crippen LogP contribution >= 0.6 is 11.8 Å². The highest BCUT2D eigenvalue weighted by Gasteiger charge is 2.29. The number of ketones is 1. The third-order valence-corrected chi connectivity index (χ3v) is 7.82. The third-order valence-electron chi connectivity index (χ3n) is 7.10. The first kappa shape index (κ1) is 49.5. The minimum Gasteiger partial charge on any atom is -0.508 e. The fourth-order valence-corrected chi connectivity index (χ4v) is 5.31. The minimum atomic E-state index is -4.33. The molecule has 0 saturated heterocycles. The normalized spacial score (nSPS) is 11.6. The van der Waals surface area contributed by atoms with Gasteiger partial charge in [0.05, 0.1) is 16.8 Å². The fourth-order valence-electron chi connectivity index (χ4n) is 4.72. The predicted octanol–water partition coefficient (Wildman–Crippen LogP) is 9.67. The molecule has 12 nitrogen and oxygen atoms in total. The van der Waals surface area contributed by atoms with Gasteiger partial charge < -0.3 is 30.2 Å². The van der Waals surface area contributed by atoms with Crippen LogP contribution in [0.1, 0.15) is 126 Å². The molecular weight excluding hydrogens is 792 g/mol. The summed E-state index contributed by atoms with van der Waals surface area (Å²) in [5.41, 5.74) is 2.87. The molecule has 0 amide bonds. The number of aromatic hydroxyl groups is 2. The number of anilines is 1. The van der Waals surface area contributed by atoms with E-state index in [4.69, 9.17) is 25.1 Å². The monoisotopic (exact) mass is 843 g/mol. The van der Waals surface area contributed by atoms with Crippen molar-refractivity contribution < 1.29 is 56.8 Å². The molecule has 0 atom stereocenters. The highest BCUT2D eigenvalue weighted by Crippen LogP contribution is 2.38. The second-order valence-corrected chi connectivity index (χ2v) is 17.4. The molecule has 0 unspecified atom stereocenters. The molecule has 0 aliphatic rings. The summed E-state index contributed by atoms with van der Waals surface area (Å²) in [5.74, 6) is -1.79. The Kier molecular flexibility index (Phi) is 16.7. The predicted molar refractivity (Wildman–Crippen MR) is 219 cm³/mol. The molecule has 320 valence electrons. The molecule has 0 aliphatic carbocycles. The molecule has 4 N–H and O–H groups in total. The van der Waals surface area contributed by atoms with Crippen LogP contribution in [0.2, 0.25) is 0 Å². The number of benzene rings is 2. The van der Waals surface area contributed by atoms with Crippen LogP contribution in [0, 0.1) is 20.8 Å². The smallest absolute Gasteiger partial charge is 0.446 e. The molecule has 0 saturated carbocycles. The lowest BCUT2D eigenvalue weighted by molar-refractivity contribution is -0.0329. The molecule has 4 rings (SSSR count). The first-order valence-electron chi connectivity index (χ1n) is 18.1. The number of nitrogens with two attached hydrogens (primary N) is 1. The number of halogens is 3. The number of aromatic nitrogens is 2. The largest absolute Gasteiger partial charge is 0.508 e. The number of ether oxygens (including phenoxy) is 3. The average molecular weight is 844 g/mol. The van der Waals surface area contributed by atoms with E-state index in [1.165, 1.54) is 12.4 Å². The number of pyridine rings is 2. The Balaban J connectivity index is 0.000000320. The molecule has 2 aromatic heterocycles. The summed E-state index contributed by atoms with van der Waals surface area (Å²) in [5, 5.41) is 18.8. The van der Waals surface area contributed by atoms with Crippen molar-refractivity contribution in [3.63, 3.8) is 0 Å². The van der Waals surface area contributed by atoms with Crippen LogP contribution in [0.5, 0.6) is 11.5 Å². The van der Waals surface area contributed by atoms with Crippen LogP contribution in [0.25, 0.3) is 0 Å². The van der Waals surface area contributed by atoms with Gasteiger partial charge in [0.1, 0.15) is 34.0 Å². The molecule has 0 bridgehead atoms. The quantitative estimate of drug-likeness (QED) is 0.0399. The second-order valence-electron chi connectivity index (χ2n) is 16.3. The van der Waals surface area contributed by atoms with E-state index in [0.717, 1.165) is 23.8 Å². The number of hydrogen-bond acceptors (Lipinski definition) is 13. The van der Waals surface area contributed by atoms with E-state index in [0.29, 0.717) is 27.8 Å². The van der Waals surface area contributed by atoms with Gasteiger partial charge in [-0.2, -0.15) is 13.2 Å². The highest BCUT2D eigenvalue weighted by atomic mass is 32.2. The molecule has 59 heavy (non-hydrogen) atoms. The summed E-state index contributed by atoms with van der Waals surface area (Å²) in [7, 11) is 0. The number of phenols is 2. The van der Waals surface area contributed by atoms with Crippen LogP contribution in [0.4, 0.5) is 18.9 Å². The van der Waals surface area contributed by atoms with E-state index in [1.54, 1.807) is 106 Å². The summed E-state index contributed by atoms with van der Waals surface area (Å²) < 4.78 is 51.3. The van der Waals surface area contributed by atoms with Gasteiger partial charge in [0.25, 0.3) is 0 Å². The topological polar surface area (TPSA) is 188 Å². The molecule has 2 heterocycles. The van der Waals surface area contributed by atoms with Crippen LogP contribution in [0.3, 0.4) is 0 Å². The van der Waals surface area contributed by atoms with Crippen molar-refractivity contribution in [2.45, 2.75) is 117 Å². The van der Waals surface area contributed by atoms with Gasteiger partial charge in [-0.3, -0.25) is 9.78 Å². The Bertz CT molecular complexity index is 2150. The molecule has 2 aromatic carbocycles. The number of esters is 3. The van der Waals surface area contributed by atoms with Gasteiger partial charge in [-0.25, -0.2) is 19.4 Å². The summed E-state index contributed by atoms with van der Waals surface area (Å²) in [4.78, 5) is 56.7. The van der Waals surface area contributed by atoms with Crippen molar-refractivity contribution in [1.29, 1.82) is 0 Å². The second kappa shape index (κ2) is 19.9. The number of nitrogens with zero attached hydrogens (tertiary/aromatic N) is 2. The molecule has 0 fully saturated rings. The van der Waals surface area contributed by atoms with Gasteiger partial charge in [0.2, 0.25) is 0 Å². The van der Waals surface area contributed by atoms with Gasteiger partial charge in [0, 0.05) is 29.3 Å². The van der Waals surface area contributed by atoms with Crippen molar-refractivity contribution in [2.75, 3.05) is 5.73 Å². The summed E-state index contributed by atoms with van der Waals surface area (Å²) >= 11 is -0.268. The van der Waals surface area contributed by atoms with E-state index >= 15 is 0 Å². The lowest BCUT2D eigenvalue weighted by Crippen LogP contribution is -2.26. The fraction of sp³-hybridized carbons (Fsp3) is 0.395. The first-order chi connectivity index (χ1) is 26.8. The SMILES string of the molecule is Cc1cc(C(=O)OC(C)(C)C)cnc1C(=O)OC(C)(C)C.Cc1ccc(O)c(CC(=O)c2ncc(C(=O)OC(C)(C)C)cc2C)c1.Nc1cc(SC(F)(F)F)ccc1O. The van der Waals surface area contributed by atoms with Crippen LogP contribution in [-0.4, -0.2) is 66.2 Å².